The summed E-state index contributed by atoms with van der Waals surface area (Å²) in [6, 6.07) is 0. The molecule has 1 unspecified atom stereocenters. The highest BCUT2D eigenvalue weighted by Crippen LogP contribution is 2.15. The molecule has 0 aromatic carbocycles. The largest absolute Gasteiger partial charge is 0.435 e. The highest BCUT2D eigenvalue weighted by atomic mass is 32.3. The van der Waals surface area contributed by atoms with Crippen LogP contribution in [0.4, 0.5) is 3.89 Å². The Bertz CT molecular complexity index is 240. The Hall–Kier alpha value is -0.240. The number of halogens is 1. The van der Waals surface area contributed by atoms with Crippen LogP contribution in [0.3, 0.4) is 0 Å². The van der Waals surface area contributed by atoms with Crippen molar-refractivity contribution in [1.82, 2.24) is 5.32 Å². The van der Waals surface area contributed by atoms with Crippen LogP contribution < -0.4 is 5.32 Å². The van der Waals surface area contributed by atoms with Gasteiger partial charge in [-0.2, -0.15) is 8.42 Å². The Morgan fingerprint density at radius 2 is 2.14 bits per heavy atom. The van der Waals surface area contributed by atoms with Gasteiger partial charge in [-0.3, -0.25) is 4.55 Å². The Morgan fingerprint density at radius 3 is 2.36 bits per heavy atom. The molecule has 0 aliphatic carbocycles. The number of rotatable bonds is 1. The molecule has 0 aromatic rings. The third kappa shape index (κ3) is 8.36. The molecule has 86 valence electrons. The summed E-state index contributed by atoms with van der Waals surface area (Å²) in [5, 5.41) is 3.30. The van der Waals surface area contributed by atoms with Crippen molar-refractivity contribution in [3.05, 3.63) is 0 Å². The number of hydrogen-bond donors (Lipinski definition) is 2. The smallest absolute Gasteiger partial charge is 0.373 e. The van der Waals surface area contributed by atoms with Crippen molar-refractivity contribution < 1.29 is 21.6 Å². The molecular weight excluding hydrogens is 213 g/mol. The van der Waals surface area contributed by atoms with Crippen molar-refractivity contribution in [3.8, 4) is 0 Å². The Kier molecular flexibility index (Phi) is 5.50. The first-order valence-electron chi connectivity index (χ1n) is 4.28. The fourth-order valence-corrected chi connectivity index (χ4v) is 1.00. The molecule has 1 aliphatic rings. The van der Waals surface area contributed by atoms with E-state index in [0.717, 1.165) is 26.1 Å². The summed E-state index contributed by atoms with van der Waals surface area (Å²) >= 11 is 0. The predicted octanol–water partition coefficient (Wildman–Crippen LogP) is 0.534. The normalized spacial score (nSPS) is 27.7. The van der Waals surface area contributed by atoms with Gasteiger partial charge in [-0.1, -0.05) is 10.8 Å². The van der Waals surface area contributed by atoms with E-state index in [1.165, 1.54) is 0 Å². The zero-order valence-corrected chi connectivity index (χ0v) is 9.10. The molecule has 2 N–H and O–H groups in total. The van der Waals surface area contributed by atoms with Crippen LogP contribution in [0.5, 0.6) is 0 Å². The van der Waals surface area contributed by atoms with Crippen LogP contribution in [0, 0.1) is 0 Å². The molecule has 0 spiro atoms. The average Bonchev–Trinajstić information content (AvgIpc) is 2.03. The lowest BCUT2D eigenvalue weighted by Gasteiger charge is -2.33. The standard InChI is InChI=1S/C7H15NO.FHO3S/c1-3-7(2)6-8-4-5-9-7;1-5(2,3)4/h8H,3-6H2,1-2H3;(H,2,3,4). The van der Waals surface area contributed by atoms with E-state index in [-0.39, 0.29) is 5.60 Å². The number of morpholine rings is 1. The van der Waals surface area contributed by atoms with E-state index < -0.39 is 10.5 Å². The van der Waals surface area contributed by atoms with Crippen LogP contribution in [0.2, 0.25) is 0 Å². The van der Waals surface area contributed by atoms with Crippen LogP contribution in [0.25, 0.3) is 0 Å². The summed E-state index contributed by atoms with van der Waals surface area (Å²) in [4.78, 5) is 0. The monoisotopic (exact) mass is 229 g/mol. The molecule has 1 fully saturated rings. The van der Waals surface area contributed by atoms with Crippen LogP contribution in [0.1, 0.15) is 20.3 Å². The van der Waals surface area contributed by atoms with Gasteiger partial charge in [-0.15, -0.1) is 0 Å². The third-order valence-electron chi connectivity index (χ3n) is 1.98. The number of hydrogen-bond acceptors (Lipinski definition) is 4. The lowest BCUT2D eigenvalue weighted by molar-refractivity contribution is -0.0544. The molecule has 1 aliphatic heterocycles. The first kappa shape index (κ1) is 13.8. The number of nitrogens with one attached hydrogen (secondary N) is 1. The van der Waals surface area contributed by atoms with Gasteiger partial charge in [-0.25, -0.2) is 0 Å². The molecule has 5 nitrogen and oxygen atoms in total. The predicted molar refractivity (Wildman–Crippen MR) is 50.2 cm³/mol. The fraction of sp³-hybridized carbons (Fsp3) is 1.00. The molecule has 0 saturated carbocycles. The second-order valence-corrected chi connectivity index (χ2v) is 4.07. The maximum Gasteiger partial charge on any atom is 0.435 e. The summed E-state index contributed by atoms with van der Waals surface area (Å²) < 4.78 is 39.6. The minimum absolute atomic E-state index is 0.109. The molecule has 0 radical (unpaired) electrons. The van der Waals surface area contributed by atoms with Crippen molar-refractivity contribution >= 4 is 10.5 Å². The van der Waals surface area contributed by atoms with Crippen LogP contribution in [-0.2, 0) is 15.2 Å². The molecule has 1 atom stereocenters. The molecule has 0 bridgehead atoms. The summed E-state index contributed by atoms with van der Waals surface area (Å²) in [6.07, 6.45) is 1.10. The van der Waals surface area contributed by atoms with E-state index >= 15 is 0 Å². The fourth-order valence-electron chi connectivity index (χ4n) is 1.00. The van der Waals surface area contributed by atoms with Gasteiger partial charge < -0.3 is 10.1 Å². The van der Waals surface area contributed by atoms with Gasteiger partial charge >= 0.3 is 10.5 Å². The Labute approximate surface area is 83.7 Å². The lowest BCUT2D eigenvalue weighted by Crippen LogP contribution is -2.47. The molecule has 1 rings (SSSR count). The van der Waals surface area contributed by atoms with Crippen molar-refractivity contribution in [2.45, 2.75) is 25.9 Å². The van der Waals surface area contributed by atoms with Gasteiger partial charge in [0.05, 0.1) is 12.2 Å². The quantitative estimate of drug-likeness (QED) is 0.507. The van der Waals surface area contributed by atoms with E-state index in [1.54, 1.807) is 0 Å². The minimum Gasteiger partial charge on any atom is -0.373 e. The molecule has 7 heteroatoms. The van der Waals surface area contributed by atoms with Gasteiger partial charge in [0, 0.05) is 13.1 Å². The van der Waals surface area contributed by atoms with Crippen molar-refractivity contribution in [2.75, 3.05) is 19.7 Å². The molecule has 0 amide bonds. The lowest BCUT2D eigenvalue weighted by atomic mass is 10.0. The van der Waals surface area contributed by atoms with Gasteiger partial charge in [0.2, 0.25) is 0 Å². The molecule has 14 heavy (non-hydrogen) atoms. The van der Waals surface area contributed by atoms with E-state index in [4.69, 9.17) is 17.7 Å². The topological polar surface area (TPSA) is 75.6 Å². The third-order valence-corrected chi connectivity index (χ3v) is 1.98. The van der Waals surface area contributed by atoms with Crippen LogP contribution in [0.15, 0.2) is 0 Å². The molecule has 1 heterocycles. The van der Waals surface area contributed by atoms with Gasteiger partial charge in [-0.05, 0) is 13.3 Å². The summed E-state index contributed by atoms with van der Waals surface area (Å²) in [5.41, 5.74) is 0.109. The number of ether oxygens (including phenoxy) is 1. The van der Waals surface area contributed by atoms with E-state index in [2.05, 4.69) is 19.2 Å². The van der Waals surface area contributed by atoms with E-state index in [0.29, 0.717) is 0 Å². The van der Waals surface area contributed by atoms with Crippen molar-refractivity contribution in [3.63, 3.8) is 0 Å². The highest BCUT2D eigenvalue weighted by molar-refractivity contribution is 7.80. The SMILES string of the molecule is CCC1(C)CNCCO1.O=S(=O)(O)F. The second-order valence-electron chi connectivity index (χ2n) is 3.24. The van der Waals surface area contributed by atoms with Crippen LogP contribution in [-0.4, -0.2) is 38.3 Å². The minimum atomic E-state index is -5.17. The summed E-state index contributed by atoms with van der Waals surface area (Å²) in [6.45, 7) is 7.19. The van der Waals surface area contributed by atoms with E-state index in [9.17, 15) is 3.89 Å². The first-order chi connectivity index (χ1) is 6.27. The second kappa shape index (κ2) is 5.59. The van der Waals surface area contributed by atoms with Crippen molar-refractivity contribution in [2.24, 2.45) is 0 Å². The summed E-state index contributed by atoms with van der Waals surface area (Å²) in [5.74, 6) is 0. The van der Waals surface area contributed by atoms with Gasteiger partial charge in [0.1, 0.15) is 0 Å². The molecule has 0 aromatic heterocycles. The van der Waals surface area contributed by atoms with Crippen molar-refractivity contribution in [1.29, 1.82) is 0 Å². The highest BCUT2D eigenvalue weighted by Gasteiger charge is 2.24. The van der Waals surface area contributed by atoms with E-state index in [1.807, 2.05) is 0 Å². The Morgan fingerprint density at radius 1 is 1.64 bits per heavy atom. The average molecular weight is 229 g/mol. The Balaban J connectivity index is 0.000000292. The molecule has 1 saturated heterocycles. The van der Waals surface area contributed by atoms with Crippen LogP contribution >= 0.6 is 0 Å². The first-order valence-corrected chi connectivity index (χ1v) is 5.62. The maximum absolute atomic E-state index is 10.2. The maximum atomic E-state index is 10.2. The van der Waals surface area contributed by atoms with Gasteiger partial charge in [0.25, 0.3) is 0 Å². The zero-order valence-electron chi connectivity index (χ0n) is 8.29. The zero-order chi connectivity index (χ0) is 11.2. The molecular formula is C7H16FNO4S. The van der Waals surface area contributed by atoms with Gasteiger partial charge in [0.15, 0.2) is 0 Å². The summed E-state index contributed by atoms with van der Waals surface area (Å²) in [7, 11) is -5.17.